The quantitative estimate of drug-likeness (QED) is 0.318. The first kappa shape index (κ1) is 28.9. The standard InChI is InChI=1S/C27H38N2O4S2/c1-26(2,3)34-17-15-32-24(30)28-22-11-7-20(8-12-22)19-21-9-13-23(14-10-21)29-25(31)33-16-18-35-27(4,5)6/h7-14H,15-19H2,1-6H3,(H,28,30)(H,29,31). The first-order valence-electron chi connectivity index (χ1n) is 11.7. The van der Waals surface area contributed by atoms with E-state index < -0.39 is 12.2 Å². The average Bonchev–Trinajstić information content (AvgIpc) is 2.76. The maximum atomic E-state index is 12.0. The molecule has 0 unspecified atom stereocenters. The number of thioether (sulfide) groups is 2. The Kier molecular flexibility index (Phi) is 11.3. The van der Waals surface area contributed by atoms with Crippen molar-refractivity contribution >= 4 is 47.1 Å². The first-order chi connectivity index (χ1) is 16.4. The molecule has 2 amide bonds. The predicted molar refractivity (Wildman–Crippen MR) is 150 cm³/mol. The van der Waals surface area contributed by atoms with Crippen LogP contribution in [0.25, 0.3) is 0 Å². The van der Waals surface area contributed by atoms with E-state index in [1.54, 1.807) is 23.5 Å². The predicted octanol–water partition coefficient (Wildman–Crippen LogP) is 7.44. The summed E-state index contributed by atoms with van der Waals surface area (Å²) < 4.78 is 10.8. The molecule has 35 heavy (non-hydrogen) atoms. The second-order valence-electron chi connectivity index (χ2n) is 10.0. The largest absolute Gasteiger partial charge is 0.448 e. The van der Waals surface area contributed by atoms with Crippen LogP contribution in [0.3, 0.4) is 0 Å². The van der Waals surface area contributed by atoms with Crippen molar-refractivity contribution in [3.05, 3.63) is 59.7 Å². The van der Waals surface area contributed by atoms with E-state index in [1.165, 1.54) is 0 Å². The normalized spacial score (nSPS) is 11.6. The minimum Gasteiger partial charge on any atom is -0.448 e. The Morgan fingerprint density at radius 1 is 0.657 bits per heavy atom. The molecular formula is C27H38N2O4S2. The number of hydrogen-bond acceptors (Lipinski definition) is 6. The van der Waals surface area contributed by atoms with Crippen molar-refractivity contribution in [3.63, 3.8) is 0 Å². The van der Waals surface area contributed by atoms with Gasteiger partial charge in [0, 0.05) is 32.4 Å². The third kappa shape index (κ3) is 13.4. The number of rotatable bonds is 10. The third-order valence-electron chi connectivity index (χ3n) is 4.51. The summed E-state index contributed by atoms with van der Waals surface area (Å²) in [4.78, 5) is 23.9. The van der Waals surface area contributed by atoms with Gasteiger partial charge in [-0.2, -0.15) is 23.5 Å². The Hall–Kier alpha value is -2.32. The van der Waals surface area contributed by atoms with E-state index in [0.717, 1.165) is 29.1 Å². The SMILES string of the molecule is CC(C)(C)SCCOC(=O)Nc1ccc(Cc2ccc(NC(=O)OCCSC(C)(C)C)cc2)cc1. The number of benzene rings is 2. The summed E-state index contributed by atoms with van der Waals surface area (Å²) in [6.07, 6.45) is -0.146. The molecule has 0 aliphatic carbocycles. The molecule has 2 aromatic rings. The zero-order valence-electron chi connectivity index (χ0n) is 21.6. The molecule has 192 valence electrons. The van der Waals surface area contributed by atoms with Crippen LogP contribution in [0.2, 0.25) is 0 Å². The Balaban J connectivity index is 1.73. The summed E-state index contributed by atoms with van der Waals surface area (Å²) in [5.41, 5.74) is 3.62. The van der Waals surface area contributed by atoms with Gasteiger partial charge in [-0.05, 0) is 41.8 Å². The van der Waals surface area contributed by atoms with E-state index in [-0.39, 0.29) is 9.49 Å². The minimum atomic E-state index is -0.443. The molecule has 6 nitrogen and oxygen atoms in total. The second-order valence-corrected chi connectivity index (χ2v) is 13.9. The Bertz CT molecular complexity index is 856. The maximum Gasteiger partial charge on any atom is 0.411 e. The van der Waals surface area contributed by atoms with Crippen molar-refractivity contribution in [2.75, 3.05) is 35.4 Å². The van der Waals surface area contributed by atoms with E-state index in [1.807, 2.05) is 48.5 Å². The van der Waals surface area contributed by atoms with Gasteiger partial charge in [0.2, 0.25) is 0 Å². The molecule has 0 saturated heterocycles. The van der Waals surface area contributed by atoms with Crippen LogP contribution >= 0.6 is 23.5 Å². The monoisotopic (exact) mass is 518 g/mol. The Labute approximate surface area is 218 Å². The molecular weight excluding hydrogens is 480 g/mol. The maximum absolute atomic E-state index is 12.0. The number of nitrogens with one attached hydrogen (secondary N) is 2. The topological polar surface area (TPSA) is 76.7 Å². The van der Waals surface area contributed by atoms with Crippen LogP contribution in [-0.4, -0.2) is 46.4 Å². The number of ether oxygens (including phenoxy) is 2. The molecule has 0 bridgehead atoms. The van der Waals surface area contributed by atoms with Crippen LogP contribution < -0.4 is 10.6 Å². The van der Waals surface area contributed by atoms with Crippen LogP contribution in [0.15, 0.2) is 48.5 Å². The Morgan fingerprint density at radius 2 is 1.00 bits per heavy atom. The van der Waals surface area contributed by atoms with E-state index in [4.69, 9.17) is 9.47 Å². The molecule has 0 aliphatic rings. The van der Waals surface area contributed by atoms with Gasteiger partial charge in [0.1, 0.15) is 13.2 Å². The number of anilines is 2. The van der Waals surface area contributed by atoms with Gasteiger partial charge in [-0.15, -0.1) is 0 Å². The van der Waals surface area contributed by atoms with Gasteiger partial charge in [0.25, 0.3) is 0 Å². The molecule has 0 atom stereocenters. The molecule has 0 fully saturated rings. The average molecular weight is 519 g/mol. The van der Waals surface area contributed by atoms with Crippen LogP contribution in [0.5, 0.6) is 0 Å². The summed E-state index contributed by atoms with van der Waals surface area (Å²) in [6.45, 7) is 13.6. The summed E-state index contributed by atoms with van der Waals surface area (Å²) in [5.74, 6) is 1.53. The molecule has 2 aromatic carbocycles. The highest BCUT2D eigenvalue weighted by atomic mass is 32.2. The summed E-state index contributed by atoms with van der Waals surface area (Å²) in [5, 5.41) is 5.52. The van der Waals surface area contributed by atoms with E-state index in [9.17, 15) is 9.59 Å². The minimum absolute atomic E-state index is 0.156. The van der Waals surface area contributed by atoms with Gasteiger partial charge in [0.15, 0.2) is 0 Å². The summed E-state index contributed by atoms with van der Waals surface area (Å²) >= 11 is 3.52. The van der Waals surface area contributed by atoms with Gasteiger partial charge in [-0.3, -0.25) is 10.6 Å². The zero-order chi connectivity index (χ0) is 25.9. The van der Waals surface area contributed by atoms with Crippen molar-refractivity contribution in [2.45, 2.75) is 57.5 Å². The van der Waals surface area contributed by atoms with Crippen molar-refractivity contribution in [1.82, 2.24) is 0 Å². The first-order valence-corrected chi connectivity index (χ1v) is 13.7. The van der Waals surface area contributed by atoms with Crippen LogP contribution in [0.4, 0.5) is 21.0 Å². The molecule has 0 heterocycles. The van der Waals surface area contributed by atoms with Gasteiger partial charge in [-0.25, -0.2) is 9.59 Å². The number of carbonyl (C=O) groups is 2. The van der Waals surface area contributed by atoms with Crippen molar-refractivity contribution in [2.24, 2.45) is 0 Å². The molecule has 0 saturated carbocycles. The van der Waals surface area contributed by atoms with E-state index in [2.05, 4.69) is 52.2 Å². The zero-order valence-corrected chi connectivity index (χ0v) is 23.2. The molecule has 0 aliphatic heterocycles. The second kappa shape index (κ2) is 13.7. The number of carbonyl (C=O) groups excluding carboxylic acids is 2. The van der Waals surface area contributed by atoms with Gasteiger partial charge in [0.05, 0.1) is 0 Å². The van der Waals surface area contributed by atoms with Gasteiger partial charge in [-0.1, -0.05) is 65.8 Å². The lowest BCUT2D eigenvalue weighted by molar-refractivity contribution is 0.168. The lowest BCUT2D eigenvalue weighted by Gasteiger charge is -2.17. The molecule has 0 aromatic heterocycles. The number of amides is 2. The van der Waals surface area contributed by atoms with Gasteiger partial charge < -0.3 is 9.47 Å². The lowest BCUT2D eigenvalue weighted by Crippen LogP contribution is -2.17. The molecule has 2 rings (SSSR count). The highest BCUT2D eigenvalue weighted by Crippen LogP contribution is 2.23. The van der Waals surface area contributed by atoms with E-state index in [0.29, 0.717) is 24.6 Å². The van der Waals surface area contributed by atoms with E-state index >= 15 is 0 Å². The highest BCUT2D eigenvalue weighted by Gasteiger charge is 2.12. The fourth-order valence-corrected chi connectivity index (χ4v) is 4.48. The van der Waals surface area contributed by atoms with Crippen LogP contribution in [-0.2, 0) is 15.9 Å². The summed E-state index contributed by atoms with van der Waals surface area (Å²) in [6, 6.07) is 15.4. The molecule has 2 N–H and O–H groups in total. The summed E-state index contributed by atoms with van der Waals surface area (Å²) in [7, 11) is 0. The van der Waals surface area contributed by atoms with Crippen LogP contribution in [0.1, 0.15) is 52.7 Å². The van der Waals surface area contributed by atoms with Crippen molar-refractivity contribution in [3.8, 4) is 0 Å². The fraction of sp³-hybridized carbons (Fsp3) is 0.481. The number of hydrogen-bond donors (Lipinski definition) is 2. The molecule has 0 spiro atoms. The fourth-order valence-electron chi connectivity index (χ4n) is 2.92. The van der Waals surface area contributed by atoms with Gasteiger partial charge >= 0.3 is 12.2 Å². The Morgan fingerprint density at radius 3 is 1.31 bits per heavy atom. The smallest absolute Gasteiger partial charge is 0.411 e. The highest BCUT2D eigenvalue weighted by molar-refractivity contribution is 8.00. The molecule has 0 radical (unpaired) electrons. The van der Waals surface area contributed by atoms with Crippen molar-refractivity contribution < 1.29 is 19.1 Å². The third-order valence-corrected chi connectivity index (χ3v) is 6.99. The van der Waals surface area contributed by atoms with Crippen molar-refractivity contribution in [1.29, 1.82) is 0 Å². The molecule has 8 heteroatoms. The lowest BCUT2D eigenvalue weighted by atomic mass is 10.0. The van der Waals surface area contributed by atoms with Crippen LogP contribution in [0, 0.1) is 0 Å².